The molecule has 0 atom stereocenters. The number of rotatable bonds is 5. The first-order chi connectivity index (χ1) is 9.97. The SMILES string of the molecule is CN(Cc1ccccc1)S(=O)(=O)/C=C/c1ccc(Br)cc1. The molecular weight excluding hydrogens is 350 g/mol. The fraction of sp³-hybridized carbons (Fsp3) is 0.125. The average Bonchev–Trinajstić information content (AvgIpc) is 2.48. The number of benzene rings is 2. The summed E-state index contributed by atoms with van der Waals surface area (Å²) in [6.07, 6.45) is 1.60. The molecular formula is C16H16BrNO2S. The molecule has 0 heterocycles. The van der Waals surface area contributed by atoms with E-state index in [0.29, 0.717) is 6.54 Å². The third-order valence-corrected chi connectivity index (χ3v) is 4.99. The Bertz CT molecular complexity index is 710. The monoisotopic (exact) mass is 365 g/mol. The Balaban J connectivity index is 2.08. The van der Waals surface area contributed by atoms with Crippen LogP contribution < -0.4 is 0 Å². The predicted molar refractivity (Wildman–Crippen MR) is 90.0 cm³/mol. The lowest BCUT2D eigenvalue weighted by molar-refractivity contribution is 0.475. The van der Waals surface area contributed by atoms with Gasteiger partial charge >= 0.3 is 0 Å². The molecule has 2 aromatic rings. The highest BCUT2D eigenvalue weighted by atomic mass is 79.9. The Morgan fingerprint density at radius 3 is 2.29 bits per heavy atom. The van der Waals surface area contributed by atoms with Crippen molar-refractivity contribution in [3.8, 4) is 0 Å². The van der Waals surface area contributed by atoms with Gasteiger partial charge in [-0.1, -0.05) is 58.4 Å². The maximum absolute atomic E-state index is 12.2. The van der Waals surface area contributed by atoms with Gasteiger partial charge in [-0.05, 0) is 29.3 Å². The lowest BCUT2D eigenvalue weighted by atomic mass is 10.2. The van der Waals surface area contributed by atoms with Crippen molar-refractivity contribution in [1.82, 2.24) is 4.31 Å². The van der Waals surface area contributed by atoms with Gasteiger partial charge in [0.1, 0.15) is 0 Å². The van der Waals surface area contributed by atoms with Gasteiger partial charge in [-0.25, -0.2) is 8.42 Å². The summed E-state index contributed by atoms with van der Waals surface area (Å²) in [7, 11) is -1.85. The molecule has 0 saturated heterocycles. The van der Waals surface area contributed by atoms with Crippen LogP contribution in [-0.2, 0) is 16.6 Å². The molecule has 0 amide bonds. The zero-order valence-electron chi connectivity index (χ0n) is 11.6. The van der Waals surface area contributed by atoms with E-state index in [0.717, 1.165) is 15.6 Å². The van der Waals surface area contributed by atoms with Gasteiger partial charge in [-0.2, -0.15) is 4.31 Å². The average molecular weight is 366 g/mol. The fourth-order valence-electron chi connectivity index (χ4n) is 1.77. The van der Waals surface area contributed by atoms with Crippen LogP contribution in [0.5, 0.6) is 0 Å². The zero-order valence-corrected chi connectivity index (χ0v) is 14.0. The van der Waals surface area contributed by atoms with Crippen molar-refractivity contribution in [2.75, 3.05) is 7.05 Å². The molecule has 5 heteroatoms. The highest BCUT2D eigenvalue weighted by Gasteiger charge is 2.14. The van der Waals surface area contributed by atoms with E-state index in [-0.39, 0.29) is 0 Å². The molecule has 2 aromatic carbocycles. The van der Waals surface area contributed by atoms with Crippen LogP contribution in [0.25, 0.3) is 6.08 Å². The quantitative estimate of drug-likeness (QED) is 0.805. The van der Waals surface area contributed by atoms with Gasteiger partial charge in [0.2, 0.25) is 10.0 Å². The van der Waals surface area contributed by atoms with Crippen LogP contribution in [-0.4, -0.2) is 19.8 Å². The molecule has 3 nitrogen and oxygen atoms in total. The van der Waals surface area contributed by atoms with E-state index < -0.39 is 10.0 Å². The summed E-state index contributed by atoms with van der Waals surface area (Å²) in [4.78, 5) is 0. The van der Waals surface area contributed by atoms with Crippen molar-refractivity contribution in [1.29, 1.82) is 0 Å². The van der Waals surface area contributed by atoms with E-state index in [1.807, 2.05) is 54.6 Å². The predicted octanol–water partition coefficient (Wildman–Crippen LogP) is 3.88. The molecule has 0 N–H and O–H groups in total. The normalized spacial score (nSPS) is 12.1. The van der Waals surface area contributed by atoms with Crippen molar-refractivity contribution in [2.24, 2.45) is 0 Å². The number of sulfonamides is 1. The minimum atomic E-state index is -3.43. The first kappa shape index (κ1) is 15.9. The number of halogens is 1. The molecule has 21 heavy (non-hydrogen) atoms. The summed E-state index contributed by atoms with van der Waals surface area (Å²) in [5, 5.41) is 1.24. The molecule has 110 valence electrons. The van der Waals surface area contributed by atoms with Gasteiger partial charge in [0.15, 0.2) is 0 Å². The molecule has 0 aliphatic rings. The highest BCUT2D eigenvalue weighted by Crippen LogP contribution is 2.13. The van der Waals surface area contributed by atoms with Crippen molar-refractivity contribution in [3.63, 3.8) is 0 Å². The Hall–Kier alpha value is -1.43. The molecule has 0 radical (unpaired) electrons. The van der Waals surface area contributed by atoms with Crippen LogP contribution >= 0.6 is 15.9 Å². The van der Waals surface area contributed by atoms with Gasteiger partial charge in [0.05, 0.1) is 0 Å². The Morgan fingerprint density at radius 1 is 1.05 bits per heavy atom. The first-order valence-electron chi connectivity index (χ1n) is 6.41. The van der Waals surface area contributed by atoms with Crippen molar-refractivity contribution in [3.05, 3.63) is 75.6 Å². The fourth-order valence-corrected chi connectivity index (χ4v) is 2.90. The number of hydrogen-bond donors (Lipinski definition) is 0. The van der Waals surface area contributed by atoms with Crippen molar-refractivity contribution < 1.29 is 8.42 Å². The number of nitrogens with zero attached hydrogens (tertiary/aromatic N) is 1. The molecule has 0 saturated carbocycles. The Kier molecular flexibility index (Phi) is 5.33. The molecule has 0 fully saturated rings. The summed E-state index contributed by atoms with van der Waals surface area (Å²) in [5.41, 5.74) is 1.80. The Morgan fingerprint density at radius 2 is 1.67 bits per heavy atom. The highest BCUT2D eigenvalue weighted by molar-refractivity contribution is 9.10. The van der Waals surface area contributed by atoms with E-state index in [4.69, 9.17) is 0 Å². The van der Waals surface area contributed by atoms with E-state index >= 15 is 0 Å². The van der Waals surface area contributed by atoms with E-state index in [1.165, 1.54) is 9.71 Å². The summed E-state index contributed by atoms with van der Waals surface area (Å²) < 4.78 is 26.7. The molecule has 2 rings (SSSR count). The van der Waals surface area contributed by atoms with Crippen LogP contribution in [0.4, 0.5) is 0 Å². The summed E-state index contributed by atoms with van der Waals surface area (Å²) in [6.45, 7) is 0.355. The van der Waals surface area contributed by atoms with Gasteiger partial charge in [0.25, 0.3) is 0 Å². The summed E-state index contributed by atoms with van der Waals surface area (Å²) in [6, 6.07) is 17.0. The van der Waals surface area contributed by atoms with Crippen molar-refractivity contribution in [2.45, 2.75) is 6.54 Å². The molecule has 0 aliphatic carbocycles. The molecule has 0 bridgehead atoms. The lowest BCUT2D eigenvalue weighted by Crippen LogP contribution is -2.24. The topological polar surface area (TPSA) is 37.4 Å². The van der Waals surface area contributed by atoms with Crippen LogP contribution in [0.2, 0.25) is 0 Å². The largest absolute Gasteiger partial charge is 0.236 e. The second-order valence-corrected chi connectivity index (χ2v) is 7.48. The van der Waals surface area contributed by atoms with Crippen LogP contribution in [0, 0.1) is 0 Å². The van der Waals surface area contributed by atoms with E-state index in [9.17, 15) is 8.42 Å². The van der Waals surface area contributed by atoms with E-state index in [1.54, 1.807) is 13.1 Å². The van der Waals surface area contributed by atoms with Crippen molar-refractivity contribution >= 4 is 32.0 Å². The van der Waals surface area contributed by atoms with Crippen LogP contribution in [0.1, 0.15) is 11.1 Å². The third-order valence-electron chi connectivity index (χ3n) is 2.98. The molecule has 0 unspecified atom stereocenters. The minimum Gasteiger partial charge on any atom is -0.208 e. The summed E-state index contributed by atoms with van der Waals surface area (Å²) >= 11 is 3.35. The van der Waals surface area contributed by atoms with Crippen LogP contribution in [0.15, 0.2) is 64.5 Å². The maximum atomic E-state index is 12.2. The second-order valence-electron chi connectivity index (χ2n) is 4.64. The lowest BCUT2D eigenvalue weighted by Gasteiger charge is -2.14. The van der Waals surface area contributed by atoms with Gasteiger partial charge in [-0.15, -0.1) is 0 Å². The molecule has 0 aromatic heterocycles. The molecule has 0 spiro atoms. The van der Waals surface area contributed by atoms with Crippen LogP contribution in [0.3, 0.4) is 0 Å². The Labute approximate surface area is 134 Å². The second kappa shape index (κ2) is 7.02. The standard InChI is InChI=1S/C16H16BrNO2S/c1-18(13-15-5-3-2-4-6-15)21(19,20)12-11-14-7-9-16(17)10-8-14/h2-12H,13H2,1H3/b12-11+. The summed E-state index contributed by atoms with van der Waals surface area (Å²) in [5.74, 6) is 0. The zero-order chi connectivity index (χ0) is 15.3. The van der Waals surface area contributed by atoms with Gasteiger partial charge in [-0.3, -0.25) is 0 Å². The smallest absolute Gasteiger partial charge is 0.208 e. The van der Waals surface area contributed by atoms with Gasteiger partial charge < -0.3 is 0 Å². The number of hydrogen-bond acceptors (Lipinski definition) is 2. The van der Waals surface area contributed by atoms with Gasteiger partial charge in [0, 0.05) is 23.5 Å². The minimum absolute atomic E-state index is 0.355. The third kappa shape index (κ3) is 4.81. The first-order valence-corrected chi connectivity index (χ1v) is 8.71. The molecule has 0 aliphatic heterocycles. The van der Waals surface area contributed by atoms with E-state index in [2.05, 4.69) is 15.9 Å². The maximum Gasteiger partial charge on any atom is 0.236 e.